The third-order valence-corrected chi connectivity index (χ3v) is 5.66. The van der Waals surface area contributed by atoms with Gasteiger partial charge in [0, 0.05) is 26.4 Å². The maximum atomic E-state index is 12.2. The Hall–Kier alpha value is 0.130. The number of amides is 1. The molecule has 1 aliphatic rings. The Labute approximate surface area is 145 Å². The maximum absolute atomic E-state index is 12.2. The van der Waals surface area contributed by atoms with E-state index in [9.17, 15) is 4.79 Å². The second-order valence-corrected chi connectivity index (χ2v) is 7.81. The topological polar surface area (TPSA) is 29.1 Å². The van der Waals surface area contributed by atoms with Crippen LogP contribution in [-0.4, -0.2) is 17.8 Å². The number of halogens is 3. The van der Waals surface area contributed by atoms with Crippen molar-refractivity contribution >= 4 is 53.7 Å². The summed E-state index contributed by atoms with van der Waals surface area (Å²) < 4.78 is 1.82. The molecule has 20 heavy (non-hydrogen) atoms. The molecule has 0 aromatic heterocycles. The van der Waals surface area contributed by atoms with Crippen molar-refractivity contribution in [1.82, 2.24) is 5.32 Å². The molecule has 2 unspecified atom stereocenters. The van der Waals surface area contributed by atoms with Crippen molar-refractivity contribution in [2.75, 3.05) is 11.9 Å². The molecule has 2 atom stereocenters. The van der Waals surface area contributed by atoms with E-state index in [0.717, 1.165) is 20.8 Å². The predicted octanol–water partition coefficient (Wildman–Crippen LogP) is 5.14. The van der Waals surface area contributed by atoms with Gasteiger partial charge < -0.3 is 5.32 Å². The monoisotopic (exact) mass is 465 g/mol. The first-order valence-corrected chi connectivity index (χ1v) is 9.61. The molecule has 0 saturated heterocycles. The zero-order valence-electron chi connectivity index (χ0n) is 11.2. The molecule has 1 amide bonds. The summed E-state index contributed by atoms with van der Waals surface area (Å²) in [5.41, 5.74) is 0.692. The number of hydrogen-bond donors (Lipinski definition) is 1. The lowest BCUT2D eigenvalue weighted by Gasteiger charge is -2.30. The lowest BCUT2D eigenvalue weighted by Crippen LogP contribution is -2.34. The molecular formula is C15H18Br3NO. The summed E-state index contributed by atoms with van der Waals surface area (Å²) >= 11 is 10.4. The average molecular weight is 468 g/mol. The van der Waals surface area contributed by atoms with E-state index in [4.69, 9.17) is 0 Å². The molecule has 0 bridgehead atoms. The van der Waals surface area contributed by atoms with Crippen molar-refractivity contribution in [3.05, 3.63) is 32.7 Å². The summed E-state index contributed by atoms with van der Waals surface area (Å²) in [6, 6.07) is 5.63. The number of benzene rings is 1. The van der Waals surface area contributed by atoms with Crippen LogP contribution in [0.5, 0.6) is 0 Å². The number of nitrogens with one attached hydrogen (secondary N) is 1. The van der Waals surface area contributed by atoms with Gasteiger partial charge in [-0.1, -0.05) is 60.6 Å². The zero-order chi connectivity index (χ0) is 14.5. The molecule has 0 spiro atoms. The highest BCUT2D eigenvalue weighted by Gasteiger charge is 2.24. The first-order chi connectivity index (χ1) is 9.60. The van der Waals surface area contributed by atoms with Gasteiger partial charge in [0.15, 0.2) is 0 Å². The Kier molecular flexibility index (Phi) is 6.56. The van der Waals surface area contributed by atoms with Crippen molar-refractivity contribution in [2.24, 2.45) is 11.8 Å². The van der Waals surface area contributed by atoms with Crippen LogP contribution in [0.25, 0.3) is 0 Å². The number of carbonyl (C=O) groups is 1. The smallest absolute Gasteiger partial charge is 0.251 e. The summed E-state index contributed by atoms with van der Waals surface area (Å²) in [6.45, 7) is 0.777. The van der Waals surface area contributed by atoms with Gasteiger partial charge in [0.2, 0.25) is 0 Å². The summed E-state index contributed by atoms with van der Waals surface area (Å²) in [7, 11) is 0. The first kappa shape index (κ1) is 16.5. The van der Waals surface area contributed by atoms with Crippen LogP contribution in [0.3, 0.4) is 0 Å². The third kappa shape index (κ3) is 4.57. The zero-order valence-corrected chi connectivity index (χ0v) is 15.9. The van der Waals surface area contributed by atoms with Crippen molar-refractivity contribution < 1.29 is 4.79 Å². The van der Waals surface area contributed by atoms with Crippen molar-refractivity contribution in [3.63, 3.8) is 0 Å². The predicted molar refractivity (Wildman–Crippen MR) is 93.4 cm³/mol. The highest BCUT2D eigenvalue weighted by Crippen LogP contribution is 2.30. The number of alkyl halides is 1. The van der Waals surface area contributed by atoms with E-state index >= 15 is 0 Å². The molecule has 1 saturated carbocycles. The van der Waals surface area contributed by atoms with Crippen LogP contribution in [0, 0.1) is 11.8 Å². The Morgan fingerprint density at radius 3 is 2.30 bits per heavy atom. The Bertz CT molecular complexity index is 458. The van der Waals surface area contributed by atoms with Gasteiger partial charge in [-0.3, -0.25) is 4.79 Å². The van der Waals surface area contributed by atoms with Crippen LogP contribution in [0.4, 0.5) is 0 Å². The molecule has 110 valence electrons. The SMILES string of the molecule is O=C(NCC1CCCCC1CBr)c1cc(Br)cc(Br)c1. The van der Waals surface area contributed by atoms with E-state index in [-0.39, 0.29) is 5.91 Å². The van der Waals surface area contributed by atoms with E-state index < -0.39 is 0 Å². The van der Waals surface area contributed by atoms with Gasteiger partial charge >= 0.3 is 0 Å². The lowest BCUT2D eigenvalue weighted by atomic mass is 9.80. The molecule has 1 aromatic rings. The van der Waals surface area contributed by atoms with E-state index in [1.807, 2.05) is 18.2 Å². The van der Waals surface area contributed by atoms with Crippen molar-refractivity contribution in [1.29, 1.82) is 0 Å². The molecule has 2 nitrogen and oxygen atoms in total. The van der Waals surface area contributed by atoms with Gasteiger partial charge in [0.25, 0.3) is 5.91 Å². The summed E-state index contributed by atoms with van der Waals surface area (Å²) in [5, 5.41) is 4.12. The van der Waals surface area contributed by atoms with E-state index in [2.05, 4.69) is 53.1 Å². The van der Waals surface area contributed by atoms with Gasteiger partial charge in [0.1, 0.15) is 0 Å². The molecule has 0 heterocycles. The third-order valence-electron chi connectivity index (χ3n) is 3.91. The van der Waals surface area contributed by atoms with Gasteiger partial charge in [0.05, 0.1) is 0 Å². The first-order valence-electron chi connectivity index (χ1n) is 6.90. The van der Waals surface area contributed by atoms with Crippen LogP contribution in [0.1, 0.15) is 36.0 Å². The van der Waals surface area contributed by atoms with Gasteiger partial charge in [-0.25, -0.2) is 0 Å². The molecular weight excluding hydrogens is 450 g/mol. The fraction of sp³-hybridized carbons (Fsp3) is 0.533. The maximum Gasteiger partial charge on any atom is 0.251 e. The minimum Gasteiger partial charge on any atom is -0.352 e. The molecule has 0 radical (unpaired) electrons. The van der Waals surface area contributed by atoms with Crippen molar-refractivity contribution in [2.45, 2.75) is 25.7 Å². The molecule has 5 heteroatoms. The van der Waals surface area contributed by atoms with Crippen LogP contribution in [0.2, 0.25) is 0 Å². The van der Waals surface area contributed by atoms with E-state index in [0.29, 0.717) is 17.4 Å². The number of rotatable bonds is 4. The fourth-order valence-corrected chi connectivity index (χ4v) is 4.91. The molecule has 0 aliphatic heterocycles. The van der Waals surface area contributed by atoms with Crippen molar-refractivity contribution in [3.8, 4) is 0 Å². The number of hydrogen-bond acceptors (Lipinski definition) is 1. The molecule has 1 fully saturated rings. The summed E-state index contributed by atoms with van der Waals surface area (Å²) in [4.78, 5) is 12.2. The lowest BCUT2D eigenvalue weighted by molar-refractivity contribution is 0.0937. The Balaban J connectivity index is 1.94. The minimum atomic E-state index is 0.00546. The second-order valence-electron chi connectivity index (χ2n) is 5.33. The quantitative estimate of drug-likeness (QED) is 0.610. The normalized spacial score (nSPS) is 22.6. The Morgan fingerprint density at radius 2 is 1.70 bits per heavy atom. The van der Waals surface area contributed by atoms with Gasteiger partial charge in [-0.15, -0.1) is 0 Å². The Morgan fingerprint density at radius 1 is 1.10 bits per heavy atom. The second kappa shape index (κ2) is 7.95. The van der Waals surface area contributed by atoms with E-state index in [1.54, 1.807) is 0 Å². The standard InChI is InChI=1S/C15H18Br3NO/c16-8-10-3-1-2-4-11(10)9-19-15(20)12-5-13(17)7-14(18)6-12/h5-7,10-11H,1-4,8-9H2,(H,19,20). The van der Waals surface area contributed by atoms with Crippen LogP contribution >= 0.6 is 47.8 Å². The average Bonchev–Trinajstić information content (AvgIpc) is 2.44. The summed E-state index contributed by atoms with van der Waals surface area (Å²) in [5.74, 6) is 1.30. The molecule has 2 rings (SSSR count). The highest BCUT2D eigenvalue weighted by molar-refractivity contribution is 9.11. The minimum absolute atomic E-state index is 0.00546. The van der Waals surface area contributed by atoms with Crippen LogP contribution in [-0.2, 0) is 0 Å². The molecule has 1 aromatic carbocycles. The summed E-state index contributed by atoms with van der Waals surface area (Å²) in [6.07, 6.45) is 5.10. The van der Waals surface area contributed by atoms with Crippen LogP contribution < -0.4 is 5.32 Å². The largest absolute Gasteiger partial charge is 0.352 e. The van der Waals surface area contributed by atoms with Gasteiger partial charge in [-0.05, 0) is 42.9 Å². The van der Waals surface area contributed by atoms with Crippen LogP contribution in [0.15, 0.2) is 27.1 Å². The van der Waals surface area contributed by atoms with E-state index in [1.165, 1.54) is 25.7 Å². The highest BCUT2D eigenvalue weighted by atomic mass is 79.9. The number of carbonyl (C=O) groups excluding carboxylic acids is 1. The van der Waals surface area contributed by atoms with Gasteiger partial charge in [-0.2, -0.15) is 0 Å². The molecule has 1 N–H and O–H groups in total. The fourth-order valence-electron chi connectivity index (χ4n) is 2.77. The molecule has 1 aliphatic carbocycles.